The van der Waals surface area contributed by atoms with Gasteiger partial charge in [-0.15, -0.1) is 0 Å². The van der Waals surface area contributed by atoms with E-state index in [2.05, 4.69) is 5.32 Å². The van der Waals surface area contributed by atoms with Gasteiger partial charge in [-0.05, 0) is 23.8 Å². The predicted molar refractivity (Wildman–Crippen MR) is 69.2 cm³/mol. The van der Waals surface area contributed by atoms with Crippen molar-refractivity contribution in [2.75, 3.05) is 5.32 Å². The van der Waals surface area contributed by atoms with Gasteiger partial charge in [0.15, 0.2) is 0 Å². The fourth-order valence-corrected chi connectivity index (χ4v) is 2.41. The quantitative estimate of drug-likeness (QED) is 0.885. The molecule has 0 spiro atoms. The molecule has 5 heteroatoms. The van der Waals surface area contributed by atoms with Gasteiger partial charge >= 0.3 is 0 Å². The molecule has 3 nitrogen and oxygen atoms in total. The Morgan fingerprint density at radius 1 is 1.15 bits per heavy atom. The average Bonchev–Trinajstić information content (AvgIpc) is 2.77. The lowest BCUT2D eigenvalue weighted by atomic mass is 9.97. The Kier molecular flexibility index (Phi) is 2.99. The second-order valence-corrected chi connectivity index (χ2v) is 4.68. The van der Waals surface area contributed by atoms with Crippen LogP contribution in [0.1, 0.15) is 22.8 Å². The Morgan fingerprint density at radius 3 is 2.65 bits per heavy atom. The van der Waals surface area contributed by atoms with E-state index >= 15 is 0 Å². The molecule has 0 bridgehead atoms. The summed E-state index contributed by atoms with van der Waals surface area (Å²) in [5.41, 5.74) is 1.05. The van der Waals surface area contributed by atoms with Crippen molar-refractivity contribution in [3.8, 4) is 0 Å². The minimum absolute atomic E-state index is 0.0430. The van der Waals surface area contributed by atoms with E-state index in [9.17, 15) is 18.7 Å². The summed E-state index contributed by atoms with van der Waals surface area (Å²) in [6.07, 6.45) is -1.27. The van der Waals surface area contributed by atoms with Crippen molar-refractivity contribution in [3.63, 3.8) is 0 Å². The summed E-state index contributed by atoms with van der Waals surface area (Å²) in [5, 5.41) is 12.9. The zero-order valence-electron chi connectivity index (χ0n) is 10.4. The number of hydrogen-bond donors (Lipinski definition) is 2. The van der Waals surface area contributed by atoms with Crippen LogP contribution < -0.4 is 5.32 Å². The lowest BCUT2D eigenvalue weighted by Gasteiger charge is -2.16. The van der Waals surface area contributed by atoms with Crippen LogP contribution in [0.3, 0.4) is 0 Å². The molecule has 1 aliphatic heterocycles. The number of aliphatic hydroxyl groups is 1. The molecule has 0 aromatic heterocycles. The molecule has 1 heterocycles. The summed E-state index contributed by atoms with van der Waals surface area (Å²) in [5.74, 6) is -1.42. The van der Waals surface area contributed by atoms with Crippen LogP contribution in [0.15, 0.2) is 36.4 Å². The van der Waals surface area contributed by atoms with Gasteiger partial charge in [0.05, 0.1) is 12.1 Å². The zero-order valence-corrected chi connectivity index (χ0v) is 10.4. The maximum absolute atomic E-state index is 13.7. The van der Waals surface area contributed by atoms with E-state index in [1.807, 2.05) is 0 Å². The van der Waals surface area contributed by atoms with Crippen LogP contribution in [0.2, 0.25) is 0 Å². The van der Waals surface area contributed by atoms with Gasteiger partial charge in [-0.1, -0.05) is 18.2 Å². The van der Waals surface area contributed by atoms with E-state index in [1.165, 1.54) is 24.3 Å². The summed E-state index contributed by atoms with van der Waals surface area (Å²) in [6.45, 7) is 0. The Hall–Kier alpha value is -2.27. The Morgan fingerprint density at radius 2 is 1.90 bits per heavy atom. The molecule has 102 valence electrons. The first-order valence-corrected chi connectivity index (χ1v) is 6.11. The molecule has 2 aromatic rings. The van der Waals surface area contributed by atoms with Gasteiger partial charge in [-0.3, -0.25) is 4.79 Å². The second kappa shape index (κ2) is 4.68. The van der Waals surface area contributed by atoms with Crippen molar-refractivity contribution < 1.29 is 18.7 Å². The number of fused-ring (bicyclic) bond motifs is 1. The fraction of sp³-hybridized carbons (Fsp3) is 0.133. The smallest absolute Gasteiger partial charge is 0.228 e. The minimum atomic E-state index is -1.33. The average molecular weight is 275 g/mol. The highest BCUT2D eigenvalue weighted by atomic mass is 19.1. The molecule has 1 aliphatic rings. The number of hydrogen-bond acceptors (Lipinski definition) is 2. The van der Waals surface area contributed by atoms with Gasteiger partial charge in [0.2, 0.25) is 5.91 Å². The first-order chi connectivity index (χ1) is 9.56. The SMILES string of the molecule is O=C1Cc2cc(F)cc(C(O)c3ccccc3F)c2N1. The third kappa shape index (κ3) is 2.06. The summed E-state index contributed by atoms with van der Waals surface area (Å²) in [6, 6.07) is 8.08. The molecule has 3 rings (SSSR count). The summed E-state index contributed by atoms with van der Waals surface area (Å²) in [4.78, 5) is 11.4. The van der Waals surface area contributed by atoms with Gasteiger partial charge in [-0.2, -0.15) is 0 Å². The van der Waals surface area contributed by atoms with Crippen LogP contribution in [0.4, 0.5) is 14.5 Å². The van der Waals surface area contributed by atoms with Crippen LogP contribution in [0.5, 0.6) is 0 Å². The molecule has 0 fully saturated rings. The molecule has 0 saturated heterocycles. The summed E-state index contributed by atoms with van der Waals surface area (Å²) in [7, 11) is 0. The summed E-state index contributed by atoms with van der Waals surface area (Å²) < 4.78 is 27.3. The molecule has 1 atom stereocenters. The van der Waals surface area contributed by atoms with E-state index in [0.717, 1.165) is 6.07 Å². The molecular weight excluding hydrogens is 264 g/mol. The van der Waals surface area contributed by atoms with Crippen LogP contribution >= 0.6 is 0 Å². The number of halogens is 2. The Balaban J connectivity index is 2.12. The van der Waals surface area contributed by atoms with Crippen molar-refractivity contribution in [2.24, 2.45) is 0 Å². The number of nitrogens with one attached hydrogen (secondary N) is 1. The number of carbonyl (C=O) groups is 1. The van der Waals surface area contributed by atoms with Crippen LogP contribution in [0, 0.1) is 11.6 Å². The van der Waals surface area contributed by atoms with E-state index in [0.29, 0.717) is 11.3 Å². The second-order valence-electron chi connectivity index (χ2n) is 4.68. The van der Waals surface area contributed by atoms with Gasteiger partial charge in [-0.25, -0.2) is 8.78 Å². The molecule has 1 amide bonds. The number of carbonyl (C=O) groups excluding carboxylic acids is 1. The highest BCUT2D eigenvalue weighted by molar-refractivity contribution is 6.00. The molecule has 2 N–H and O–H groups in total. The zero-order chi connectivity index (χ0) is 14.3. The van der Waals surface area contributed by atoms with Gasteiger partial charge in [0, 0.05) is 11.1 Å². The number of rotatable bonds is 2. The highest BCUT2D eigenvalue weighted by Crippen LogP contribution is 2.35. The molecule has 1 unspecified atom stereocenters. The molecule has 0 radical (unpaired) electrons. The van der Waals surface area contributed by atoms with Crippen molar-refractivity contribution in [2.45, 2.75) is 12.5 Å². The van der Waals surface area contributed by atoms with Crippen molar-refractivity contribution in [1.29, 1.82) is 0 Å². The lowest BCUT2D eigenvalue weighted by Crippen LogP contribution is -2.08. The standard InChI is InChI=1S/C15H11F2NO2/c16-9-5-8-6-13(19)18-14(8)11(7-9)15(20)10-3-1-2-4-12(10)17/h1-5,7,15,20H,6H2,(H,18,19). The number of benzene rings is 2. The minimum Gasteiger partial charge on any atom is -0.383 e. The Labute approximate surface area is 113 Å². The lowest BCUT2D eigenvalue weighted by molar-refractivity contribution is -0.115. The molecular formula is C15H11F2NO2. The number of aliphatic hydroxyl groups excluding tert-OH is 1. The Bertz CT molecular complexity index is 700. The van der Waals surface area contributed by atoms with Gasteiger partial charge in [0.1, 0.15) is 17.7 Å². The largest absolute Gasteiger partial charge is 0.383 e. The third-order valence-corrected chi connectivity index (χ3v) is 3.33. The highest BCUT2D eigenvalue weighted by Gasteiger charge is 2.26. The van der Waals surface area contributed by atoms with E-state index < -0.39 is 17.7 Å². The van der Waals surface area contributed by atoms with Crippen LogP contribution in [-0.2, 0) is 11.2 Å². The molecule has 2 aromatic carbocycles. The van der Waals surface area contributed by atoms with Crippen molar-refractivity contribution >= 4 is 11.6 Å². The first kappa shape index (κ1) is 12.7. The van der Waals surface area contributed by atoms with Crippen molar-refractivity contribution in [1.82, 2.24) is 0 Å². The maximum atomic E-state index is 13.7. The predicted octanol–water partition coefficient (Wildman–Crippen LogP) is 2.54. The van der Waals surface area contributed by atoms with E-state index in [1.54, 1.807) is 6.07 Å². The molecule has 0 saturated carbocycles. The summed E-state index contributed by atoms with van der Waals surface area (Å²) >= 11 is 0. The topological polar surface area (TPSA) is 49.3 Å². The molecule has 0 aliphatic carbocycles. The number of anilines is 1. The number of amides is 1. The van der Waals surface area contributed by atoms with Crippen LogP contribution in [0.25, 0.3) is 0 Å². The fourth-order valence-electron chi connectivity index (χ4n) is 2.41. The van der Waals surface area contributed by atoms with Crippen molar-refractivity contribution in [3.05, 3.63) is 64.7 Å². The van der Waals surface area contributed by atoms with E-state index in [4.69, 9.17) is 0 Å². The third-order valence-electron chi connectivity index (χ3n) is 3.33. The maximum Gasteiger partial charge on any atom is 0.228 e. The van der Waals surface area contributed by atoms with Gasteiger partial charge in [0.25, 0.3) is 0 Å². The molecule has 20 heavy (non-hydrogen) atoms. The van der Waals surface area contributed by atoms with Crippen LogP contribution in [-0.4, -0.2) is 11.0 Å². The monoisotopic (exact) mass is 275 g/mol. The van der Waals surface area contributed by atoms with E-state index in [-0.39, 0.29) is 23.5 Å². The van der Waals surface area contributed by atoms with Gasteiger partial charge < -0.3 is 10.4 Å². The normalized spacial score (nSPS) is 14.8. The first-order valence-electron chi connectivity index (χ1n) is 6.11.